The molecule has 1 aliphatic heterocycles. The summed E-state index contributed by atoms with van der Waals surface area (Å²) in [7, 11) is 0. The normalized spacial score (nSPS) is 20.8. The summed E-state index contributed by atoms with van der Waals surface area (Å²) in [6.45, 7) is 9.80. The lowest BCUT2D eigenvalue weighted by atomic mass is 9.80. The van der Waals surface area contributed by atoms with Gasteiger partial charge in [-0.1, -0.05) is 6.92 Å². The Morgan fingerprint density at radius 2 is 1.88 bits per heavy atom. The Labute approximate surface area is 105 Å². The molecule has 4 nitrogen and oxygen atoms in total. The van der Waals surface area contributed by atoms with Gasteiger partial charge in [0.15, 0.2) is 0 Å². The lowest BCUT2D eigenvalue weighted by Gasteiger charge is -2.40. The summed E-state index contributed by atoms with van der Waals surface area (Å²) < 4.78 is 5.36. The Bertz CT molecular complexity index is 219. The first-order valence-electron chi connectivity index (χ1n) is 6.54. The number of hydrogen-bond acceptors (Lipinski definition) is 4. The van der Waals surface area contributed by atoms with Crippen molar-refractivity contribution in [3.63, 3.8) is 0 Å². The van der Waals surface area contributed by atoms with Gasteiger partial charge in [0.2, 0.25) is 0 Å². The van der Waals surface area contributed by atoms with E-state index < -0.39 is 5.60 Å². The lowest BCUT2D eigenvalue weighted by Crippen LogP contribution is -2.47. The van der Waals surface area contributed by atoms with Gasteiger partial charge < -0.3 is 19.8 Å². The number of rotatable bonds is 6. The third-order valence-electron chi connectivity index (χ3n) is 3.51. The first-order valence-corrected chi connectivity index (χ1v) is 6.54. The zero-order valence-electron chi connectivity index (χ0n) is 11.4. The van der Waals surface area contributed by atoms with E-state index in [1.54, 1.807) is 0 Å². The molecule has 17 heavy (non-hydrogen) atoms. The molecule has 0 bridgehead atoms. The van der Waals surface area contributed by atoms with Crippen molar-refractivity contribution in [1.29, 1.82) is 0 Å². The topological polar surface area (TPSA) is 52.9 Å². The van der Waals surface area contributed by atoms with Crippen molar-refractivity contribution in [2.75, 3.05) is 39.5 Å². The van der Waals surface area contributed by atoms with E-state index in [1.807, 2.05) is 13.8 Å². The van der Waals surface area contributed by atoms with E-state index in [0.717, 1.165) is 39.1 Å². The van der Waals surface area contributed by atoms with Gasteiger partial charge in [0, 0.05) is 31.7 Å². The predicted molar refractivity (Wildman–Crippen MR) is 68.0 cm³/mol. The number of nitrogens with zero attached hydrogens (tertiary/aromatic N) is 1. The minimum absolute atomic E-state index is 0.0422. The molecule has 1 saturated heterocycles. The maximum absolute atomic E-state index is 9.88. The van der Waals surface area contributed by atoms with Crippen molar-refractivity contribution in [2.24, 2.45) is 5.41 Å². The van der Waals surface area contributed by atoms with Crippen LogP contribution < -0.4 is 0 Å². The van der Waals surface area contributed by atoms with Gasteiger partial charge in [-0.15, -0.1) is 0 Å². The predicted octanol–water partition coefficient (Wildman–Crippen LogP) is 0.868. The second kappa shape index (κ2) is 6.14. The number of hydrogen-bond donors (Lipinski definition) is 2. The van der Waals surface area contributed by atoms with Gasteiger partial charge in [0.1, 0.15) is 0 Å². The zero-order chi connectivity index (χ0) is 12.9. The number of ether oxygens (including phenoxy) is 1. The van der Waals surface area contributed by atoms with Crippen LogP contribution in [0, 0.1) is 5.41 Å². The summed E-state index contributed by atoms with van der Waals surface area (Å²) in [4.78, 5) is 2.22. The van der Waals surface area contributed by atoms with Crippen LogP contribution in [0.1, 0.15) is 33.6 Å². The third-order valence-corrected chi connectivity index (χ3v) is 3.51. The number of aliphatic hydroxyl groups excluding tert-OH is 1. The summed E-state index contributed by atoms with van der Waals surface area (Å²) in [5.74, 6) is 0. The van der Waals surface area contributed by atoms with Gasteiger partial charge in [0.05, 0.1) is 12.2 Å². The Hall–Kier alpha value is -0.160. The largest absolute Gasteiger partial charge is 0.396 e. The minimum atomic E-state index is -0.683. The van der Waals surface area contributed by atoms with Crippen LogP contribution in [-0.2, 0) is 4.74 Å². The standard InChI is InChI=1S/C13H27NO3/c1-4-14(9-12(2,3)16)10-13(11-15)5-7-17-8-6-13/h15-16H,4-11H2,1-3H3. The van der Waals surface area contributed by atoms with Gasteiger partial charge in [-0.25, -0.2) is 0 Å². The fourth-order valence-electron chi connectivity index (χ4n) is 2.47. The molecule has 0 unspecified atom stereocenters. The molecule has 0 amide bonds. The summed E-state index contributed by atoms with van der Waals surface area (Å²) >= 11 is 0. The highest BCUT2D eigenvalue weighted by molar-refractivity contribution is 4.86. The lowest BCUT2D eigenvalue weighted by molar-refractivity contribution is -0.0464. The van der Waals surface area contributed by atoms with Crippen LogP contribution in [-0.4, -0.2) is 60.2 Å². The SMILES string of the molecule is CCN(CC(C)(C)O)CC1(CO)CCOCC1. The van der Waals surface area contributed by atoms with E-state index in [4.69, 9.17) is 4.74 Å². The molecule has 0 aromatic carbocycles. The highest BCUT2D eigenvalue weighted by Gasteiger charge is 2.34. The molecule has 102 valence electrons. The second-order valence-electron chi connectivity index (χ2n) is 5.89. The van der Waals surface area contributed by atoms with Gasteiger partial charge in [0.25, 0.3) is 0 Å². The van der Waals surface area contributed by atoms with E-state index in [0.29, 0.717) is 6.54 Å². The molecule has 0 aromatic rings. The van der Waals surface area contributed by atoms with E-state index in [1.165, 1.54) is 0 Å². The molecule has 1 heterocycles. The highest BCUT2D eigenvalue weighted by Crippen LogP contribution is 2.31. The fraction of sp³-hybridized carbons (Fsp3) is 1.00. The van der Waals surface area contributed by atoms with Gasteiger partial charge >= 0.3 is 0 Å². The van der Waals surface area contributed by atoms with Crippen LogP contribution in [0.15, 0.2) is 0 Å². The van der Waals surface area contributed by atoms with Crippen LogP contribution in [0.5, 0.6) is 0 Å². The highest BCUT2D eigenvalue weighted by atomic mass is 16.5. The van der Waals surface area contributed by atoms with Crippen LogP contribution in [0.25, 0.3) is 0 Å². The summed E-state index contributed by atoms with van der Waals surface area (Å²) in [5, 5.41) is 19.5. The van der Waals surface area contributed by atoms with Crippen molar-refractivity contribution in [3.8, 4) is 0 Å². The summed E-state index contributed by atoms with van der Waals surface area (Å²) in [6.07, 6.45) is 1.82. The Kier molecular flexibility index (Phi) is 5.38. The van der Waals surface area contributed by atoms with Crippen LogP contribution in [0.4, 0.5) is 0 Å². The summed E-state index contributed by atoms with van der Waals surface area (Å²) in [6, 6.07) is 0. The monoisotopic (exact) mass is 245 g/mol. The zero-order valence-corrected chi connectivity index (χ0v) is 11.4. The summed E-state index contributed by atoms with van der Waals surface area (Å²) in [5.41, 5.74) is -0.725. The molecular weight excluding hydrogens is 218 g/mol. The van der Waals surface area contributed by atoms with Crippen molar-refractivity contribution in [1.82, 2.24) is 4.90 Å². The molecule has 0 spiro atoms. The van der Waals surface area contributed by atoms with Gasteiger partial charge in [-0.3, -0.25) is 0 Å². The van der Waals surface area contributed by atoms with Crippen LogP contribution >= 0.6 is 0 Å². The molecule has 0 atom stereocenters. The van der Waals surface area contributed by atoms with Gasteiger partial charge in [-0.05, 0) is 33.2 Å². The smallest absolute Gasteiger partial charge is 0.0718 e. The molecule has 4 heteroatoms. The van der Waals surface area contributed by atoms with Crippen LogP contribution in [0.2, 0.25) is 0 Å². The molecule has 0 aromatic heterocycles. The van der Waals surface area contributed by atoms with Crippen molar-refractivity contribution in [3.05, 3.63) is 0 Å². The molecule has 1 fully saturated rings. The molecule has 0 saturated carbocycles. The van der Waals surface area contributed by atoms with E-state index in [9.17, 15) is 10.2 Å². The molecule has 0 aliphatic carbocycles. The number of likely N-dealkylation sites (N-methyl/N-ethyl adjacent to an activating group) is 1. The van der Waals surface area contributed by atoms with Crippen molar-refractivity contribution >= 4 is 0 Å². The Balaban J connectivity index is 2.58. The fourth-order valence-corrected chi connectivity index (χ4v) is 2.47. The maximum Gasteiger partial charge on any atom is 0.0718 e. The van der Waals surface area contributed by atoms with E-state index in [-0.39, 0.29) is 12.0 Å². The Morgan fingerprint density at radius 3 is 2.29 bits per heavy atom. The third kappa shape index (κ3) is 4.92. The average Bonchev–Trinajstić information content (AvgIpc) is 2.27. The Morgan fingerprint density at radius 1 is 1.29 bits per heavy atom. The first-order chi connectivity index (χ1) is 7.91. The molecule has 1 rings (SSSR count). The van der Waals surface area contributed by atoms with Crippen molar-refractivity contribution in [2.45, 2.75) is 39.2 Å². The molecule has 1 aliphatic rings. The number of aliphatic hydroxyl groups is 2. The maximum atomic E-state index is 9.88. The molecular formula is C13H27NO3. The van der Waals surface area contributed by atoms with Gasteiger partial charge in [-0.2, -0.15) is 0 Å². The molecule has 0 radical (unpaired) electrons. The van der Waals surface area contributed by atoms with E-state index >= 15 is 0 Å². The minimum Gasteiger partial charge on any atom is -0.396 e. The quantitative estimate of drug-likeness (QED) is 0.729. The second-order valence-corrected chi connectivity index (χ2v) is 5.89. The van der Waals surface area contributed by atoms with Crippen LogP contribution in [0.3, 0.4) is 0 Å². The van der Waals surface area contributed by atoms with E-state index in [2.05, 4.69) is 11.8 Å². The first kappa shape index (κ1) is 14.9. The van der Waals surface area contributed by atoms with Crippen molar-refractivity contribution < 1.29 is 14.9 Å². The average molecular weight is 245 g/mol. The molecule has 2 N–H and O–H groups in total.